The number of hydrogen-bond donors (Lipinski definition) is 2. The molecular formula is C21H22ClN5O3. The molecule has 30 heavy (non-hydrogen) atoms. The Morgan fingerprint density at radius 1 is 1.33 bits per heavy atom. The predicted octanol–water partition coefficient (Wildman–Crippen LogP) is 2.32. The van der Waals surface area contributed by atoms with Crippen molar-refractivity contribution >= 4 is 17.5 Å². The molecule has 1 aliphatic rings. The summed E-state index contributed by atoms with van der Waals surface area (Å²) in [7, 11) is 1.73. The third kappa shape index (κ3) is 3.88. The summed E-state index contributed by atoms with van der Waals surface area (Å²) < 4.78 is 2.71. The van der Waals surface area contributed by atoms with Gasteiger partial charge in [0.25, 0.3) is 11.5 Å². The second kappa shape index (κ2) is 7.70. The fourth-order valence-electron chi connectivity index (χ4n) is 3.72. The Kier molecular flexibility index (Phi) is 5.21. The highest BCUT2D eigenvalue weighted by molar-refractivity contribution is 6.30. The van der Waals surface area contributed by atoms with Gasteiger partial charge in [0.2, 0.25) is 0 Å². The quantitative estimate of drug-likeness (QED) is 0.665. The minimum atomic E-state index is -0.996. The molecule has 9 heteroatoms. The van der Waals surface area contributed by atoms with Crippen molar-refractivity contribution in [1.82, 2.24) is 24.9 Å². The van der Waals surface area contributed by atoms with E-state index < -0.39 is 23.1 Å². The van der Waals surface area contributed by atoms with Crippen LogP contribution in [0.25, 0.3) is 16.9 Å². The van der Waals surface area contributed by atoms with Gasteiger partial charge in [0.05, 0.1) is 29.7 Å². The van der Waals surface area contributed by atoms with Crippen molar-refractivity contribution in [1.29, 1.82) is 0 Å². The van der Waals surface area contributed by atoms with Crippen LogP contribution in [0, 0.1) is 0 Å². The zero-order chi connectivity index (χ0) is 21.5. The number of nitrogens with zero attached hydrogens (tertiary/aromatic N) is 4. The largest absolute Gasteiger partial charge is 0.388 e. The van der Waals surface area contributed by atoms with Crippen LogP contribution in [-0.2, 0) is 7.05 Å². The molecule has 1 aliphatic carbocycles. The molecule has 2 aromatic heterocycles. The van der Waals surface area contributed by atoms with E-state index in [4.69, 9.17) is 11.6 Å². The number of rotatable bonds is 4. The maximum Gasteiger partial charge on any atom is 0.284 e. The Bertz CT molecular complexity index is 1150. The molecule has 0 aliphatic heterocycles. The first-order chi connectivity index (χ1) is 14.2. The Morgan fingerprint density at radius 2 is 2.07 bits per heavy atom. The summed E-state index contributed by atoms with van der Waals surface area (Å²) in [5.74, 6) is -0.539. The van der Waals surface area contributed by atoms with Crippen LogP contribution in [-0.4, -0.2) is 42.2 Å². The van der Waals surface area contributed by atoms with Crippen LogP contribution in [0.2, 0.25) is 5.02 Å². The molecule has 3 aromatic rings. The molecule has 2 atom stereocenters. The second-order valence-electron chi connectivity index (χ2n) is 7.81. The minimum absolute atomic E-state index is 0.0542. The molecule has 0 radical (unpaired) electrons. The Hall–Kier alpha value is -2.97. The third-order valence-corrected chi connectivity index (χ3v) is 5.72. The van der Waals surface area contributed by atoms with Crippen molar-refractivity contribution in [3.63, 3.8) is 0 Å². The number of hydrogen-bond acceptors (Lipinski definition) is 5. The van der Waals surface area contributed by atoms with Gasteiger partial charge in [0, 0.05) is 17.6 Å². The summed E-state index contributed by atoms with van der Waals surface area (Å²) in [6, 6.07) is 8.03. The van der Waals surface area contributed by atoms with Gasteiger partial charge in [-0.05, 0) is 44.4 Å². The van der Waals surface area contributed by atoms with Gasteiger partial charge in [-0.2, -0.15) is 14.9 Å². The summed E-state index contributed by atoms with van der Waals surface area (Å²) in [6.07, 6.45) is 5.21. The van der Waals surface area contributed by atoms with E-state index in [0.717, 1.165) is 6.42 Å². The van der Waals surface area contributed by atoms with Crippen molar-refractivity contribution < 1.29 is 9.90 Å². The van der Waals surface area contributed by atoms with Crippen LogP contribution < -0.4 is 10.9 Å². The fraction of sp³-hybridized carbons (Fsp3) is 0.333. The predicted molar refractivity (Wildman–Crippen MR) is 113 cm³/mol. The first kappa shape index (κ1) is 20.3. The van der Waals surface area contributed by atoms with Crippen molar-refractivity contribution in [2.45, 2.75) is 37.8 Å². The Balaban J connectivity index is 1.80. The van der Waals surface area contributed by atoms with Crippen molar-refractivity contribution in [2.24, 2.45) is 7.05 Å². The van der Waals surface area contributed by atoms with Gasteiger partial charge in [-0.15, -0.1) is 0 Å². The summed E-state index contributed by atoms with van der Waals surface area (Å²) in [5, 5.41) is 22.4. The first-order valence-electron chi connectivity index (χ1n) is 9.67. The number of amides is 1. The molecule has 1 amide bonds. The molecule has 8 nitrogen and oxygen atoms in total. The highest BCUT2D eigenvalue weighted by Crippen LogP contribution is 2.29. The number of carbonyl (C=O) groups is 1. The van der Waals surface area contributed by atoms with Gasteiger partial charge < -0.3 is 10.4 Å². The lowest BCUT2D eigenvalue weighted by atomic mass is 10.00. The fourth-order valence-corrected chi connectivity index (χ4v) is 3.85. The molecular weight excluding hydrogens is 406 g/mol. The van der Waals surface area contributed by atoms with Gasteiger partial charge in [-0.25, -0.2) is 0 Å². The highest BCUT2D eigenvalue weighted by Gasteiger charge is 2.38. The van der Waals surface area contributed by atoms with Gasteiger partial charge >= 0.3 is 0 Å². The maximum atomic E-state index is 13.1. The highest BCUT2D eigenvalue weighted by atomic mass is 35.5. The monoisotopic (exact) mass is 427 g/mol. The van der Waals surface area contributed by atoms with E-state index in [9.17, 15) is 14.7 Å². The summed E-state index contributed by atoms with van der Waals surface area (Å²) in [6.45, 7) is 1.70. The molecule has 1 saturated carbocycles. The zero-order valence-electron chi connectivity index (χ0n) is 16.7. The number of benzene rings is 1. The van der Waals surface area contributed by atoms with E-state index in [1.165, 1.54) is 16.9 Å². The molecule has 4 rings (SSSR count). The van der Waals surface area contributed by atoms with Crippen LogP contribution in [0.3, 0.4) is 0 Å². The average Bonchev–Trinajstić information content (AvgIpc) is 3.27. The van der Waals surface area contributed by atoms with Gasteiger partial charge in [0.1, 0.15) is 11.3 Å². The maximum absolute atomic E-state index is 13.1. The van der Waals surface area contributed by atoms with Crippen LogP contribution in [0.15, 0.2) is 47.5 Å². The average molecular weight is 428 g/mol. The number of halogens is 1. The Labute approximate surface area is 178 Å². The molecule has 156 valence electrons. The van der Waals surface area contributed by atoms with Crippen molar-refractivity contribution in [3.05, 3.63) is 63.7 Å². The number of aliphatic hydroxyl groups is 1. The molecule has 2 N–H and O–H groups in total. The molecule has 1 fully saturated rings. The lowest BCUT2D eigenvalue weighted by Gasteiger charge is -2.26. The topological polar surface area (TPSA) is 102 Å². The van der Waals surface area contributed by atoms with E-state index in [0.29, 0.717) is 34.8 Å². The number of aryl methyl sites for hydroxylation is 1. The van der Waals surface area contributed by atoms with E-state index in [-0.39, 0.29) is 5.56 Å². The third-order valence-electron chi connectivity index (χ3n) is 5.46. The van der Waals surface area contributed by atoms with E-state index in [1.54, 1.807) is 49.1 Å². The molecule has 0 bridgehead atoms. The van der Waals surface area contributed by atoms with E-state index in [2.05, 4.69) is 15.5 Å². The summed E-state index contributed by atoms with van der Waals surface area (Å²) in [4.78, 5) is 26.1. The normalized spacial score (nSPS) is 21.0. The van der Waals surface area contributed by atoms with Crippen LogP contribution in [0.5, 0.6) is 0 Å². The molecule has 2 heterocycles. The smallest absolute Gasteiger partial charge is 0.284 e. The van der Waals surface area contributed by atoms with Gasteiger partial charge in [-0.1, -0.05) is 23.7 Å². The summed E-state index contributed by atoms with van der Waals surface area (Å²) in [5.41, 5.74) is -0.0145. The minimum Gasteiger partial charge on any atom is -0.388 e. The number of nitrogens with one attached hydrogen (secondary N) is 1. The summed E-state index contributed by atoms with van der Waals surface area (Å²) >= 11 is 5.98. The lowest BCUT2D eigenvalue weighted by molar-refractivity contribution is 0.0367. The lowest BCUT2D eigenvalue weighted by Crippen LogP contribution is -2.48. The molecule has 0 spiro atoms. The van der Waals surface area contributed by atoms with E-state index >= 15 is 0 Å². The van der Waals surface area contributed by atoms with Crippen LogP contribution >= 0.6 is 11.6 Å². The first-order valence-corrected chi connectivity index (χ1v) is 10.0. The van der Waals surface area contributed by atoms with E-state index in [1.807, 2.05) is 0 Å². The van der Waals surface area contributed by atoms with Crippen LogP contribution in [0.1, 0.15) is 36.5 Å². The molecule has 0 saturated heterocycles. The van der Waals surface area contributed by atoms with Gasteiger partial charge in [0.15, 0.2) is 0 Å². The van der Waals surface area contributed by atoms with Crippen molar-refractivity contribution in [3.8, 4) is 16.9 Å². The second-order valence-corrected chi connectivity index (χ2v) is 8.25. The molecule has 0 unspecified atom stereocenters. The number of carbonyl (C=O) groups excluding carboxylic acids is 1. The van der Waals surface area contributed by atoms with Gasteiger partial charge in [-0.3, -0.25) is 14.3 Å². The van der Waals surface area contributed by atoms with Crippen molar-refractivity contribution in [2.75, 3.05) is 0 Å². The Morgan fingerprint density at radius 3 is 2.67 bits per heavy atom. The zero-order valence-corrected chi connectivity index (χ0v) is 17.4. The standard InChI is InChI=1S/C21H22ClN5O3/c1-21(30)9-3-4-18(21)24-19(28)16-10-17(13-5-7-14(22)8-6-13)25-27(20(16)29)15-11-23-26(2)12-15/h5-8,10-12,18,30H,3-4,9H2,1-2H3,(H,24,28)/t18-,21+/m1/s1. The SMILES string of the molecule is Cn1cc(-n2nc(-c3ccc(Cl)cc3)cc(C(=O)N[C@@H]3CCC[C@]3(C)O)c2=O)cn1. The molecule has 1 aromatic carbocycles. The number of aromatic nitrogens is 4. The van der Waals surface area contributed by atoms with Crippen LogP contribution in [0.4, 0.5) is 0 Å².